The fourth-order valence-electron chi connectivity index (χ4n) is 2.46. The van der Waals surface area contributed by atoms with Crippen molar-refractivity contribution in [2.45, 2.75) is 31.9 Å². The van der Waals surface area contributed by atoms with Crippen LogP contribution in [0.15, 0.2) is 23.2 Å². The lowest BCUT2D eigenvalue weighted by atomic mass is 10.0. The molecule has 1 aromatic heterocycles. The van der Waals surface area contributed by atoms with Crippen molar-refractivity contribution in [3.05, 3.63) is 23.9 Å². The van der Waals surface area contributed by atoms with Crippen molar-refractivity contribution < 1.29 is 4.74 Å². The fourth-order valence-corrected chi connectivity index (χ4v) is 2.46. The van der Waals surface area contributed by atoms with Gasteiger partial charge in [-0.3, -0.25) is 4.99 Å². The summed E-state index contributed by atoms with van der Waals surface area (Å²) in [6, 6.07) is 6.02. The highest BCUT2D eigenvalue weighted by molar-refractivity contribution is 5.79. The first-order valence-corrected chi connectivity index (χ1v) is 7.74. The molecule has 1 aromatic rings. The summed E-state index contributed by atoms with van der Waals surface area (Å²) < 4.78 is 5.78. The summed E-state index contributed by atoms with van der Waals surface area (Å²) in [5.74, 6) is 1.72. The second kappa shape index (κ2) is 7.45. The van der Waals surface area contributed by atoms with Crippen LogP contribution in [0.5, 0.6) is 0 Å². The summed E-state index contributed by atoms with van der Waals surface area (Å²) in [5.41, 5.74) is 0.901. The molecule has 1 unspecified atom stereocenters. The molecule has 0 amide bonds. The summed E-state index contributed by atoms with van der Waals surface area (Å²) in [6.07, 6.45) is 2.22. The van der Waals surface area contributed by atoms with E-state index in [2.05, 4.69) is 27.5 Å². The monoisotopic (exact) mass is 305 g/mol. The lowest BCUT2D eigenvalue weighted by Gasteiger charge is -2.24. The molecular weight excluding hydrogens is 278 g/mol. The van der Waals surface area contributed by atoms with Crippen LogP contribution < -0.4 is 15.5 Å². The van der Waals surface area contributed by atoms with E-state index < -0.39 is 0 Å². The van der Waals surface area contributed by atoms with E-state index in [1.54, 1.807) is 7.05 Å². The number of aromatic nitrogens is 1. The van der Waals surface area contributed by atoms with Crippen molar-refractivity contribution in [1.82, 2.24) is 15.6 Å². The van der Waals surface area contributed by atoms with Gasteiger partial charge in [-0.05, 0) is 31.9 Å². The van der Waals surface area contributed by atoms with Crippen molar-refractivity contribution in [3.63, 3.8) is 0 Å². The van der Waals surface area contributed by atoms with Gasteiger partial charge in [0.05, 0.1) is 17.8 Å². The molecule has 0 bridgehead atoms. The molecule has 1 atom stereocenters. The van der Waals surface area contributed by atoms with Gasteiger partial charge in [-0.25, -0.2) is 4.98 Å². The molecule has 2 rings (SSSR count). The van der Waals surface area contributed by atoms with Gasteiger partial charge in [0.2, 0.25) is 0 Å². The molecule has 2 N–H and O–H groups in total. The number of anilines is 1. The zero-order valence-corrected chi connectivity index (χ0v) is 14.0. The van der Waals surface area contributed by atoms with E-state index in [4.69, 9.17) is 4.74 Å². The van der Waals surface area contributed by atoms with Gasteiger partial charge in [0.1, 0.15) is 5.82 Å². The Morgan fingerprint density at radius 2 is 2.23 bits per heavy atom. The minimum Gasteiger partial charge on any atom is -0.373 e. The highest BCUT2D eigenvalue weighted by Crippen LogP contribution is 2.23. The Kier molecular flexibility index (Phi) is 5.60. The topological polar surface area (TPSA) is 61.8 Å². The first-order chi connectivity index (χ1) is 10.5. The molecule has 122 valence electrons. The second-order valence-electron chi connectivity index (χ2n) is 6.06. The Bertz CT molecular complexity index is 509. The summed E-state index contributed by atoms with van der Waals surface area (Å²) in [7, 11) is 5.75. The fraction of sp³-hybridized carbons (Fsp3) is 0.625. The molecule has 0 aliphatic carbocycles. The SMILES string of the molecule is CN=C(NCc1cccc(N(C)C)n1)NCC1(C)CCCO1. The van der Waals surface area contributed by atoms with Crippen molar-refractivity contribution in [2.24, 2.45) is 4.99 Å². The van der Waals surface area contributed by atoms with E-state index in [9.17, 15) is 0 Å². The normalized spacial score (nSPS) is 21.7. The Morgan fingerprint density at radius 3 is 2.86 bits per heavy atom. The zero-order valence-electron chi connectivity index (χ0n) is 14.0. The highest BCUT2D eigenvalue weighted by Gasteiger charge is 2.29. The van der Waals surface area contributed by atoms with Gasteiger partial charge in [-0.15, -0.1) is 0 Å². The van der Waals surface area contributed by atoms with E-state index in [0.717, 1.165) is 43.5 Å². The third-order valence-electron chi connectivity index (χ3n) is 3.84. The molecule has 1 aliphatic rings. The van der Waals surface area contributed by atoms with Crippen molar-refractivity contribution in [3.8, 4) is 0 Å². The highest BCUT2D eigenvalue weighted by atomic mass is 16.5. The average molecular weight is 305 g/mol. The predicted octanol–water partition coefficient (Wildman–Crippen LogP) is 1.38. The summed E-state index contributed by atoms with van der Waals surface area (Å²) >= 11 is 0. The third kappa shape index (κ3) is 4.59. The van der Waals surface area contributed by atoms with Crippen LogP contribution in [0.4, 0.5) is 5.82 Å². The molecule has 0 saturated carbocycles. The maximum Gasteiger partial charge on any atom is 0.191 e. The molecule has 0 radical (unpaired) electrons. The number of aliphatic imine (C=N–C) groups is 1. The van der Waals surface area contributed by atoms with Gasteiger partial charge < -0.3 is 20.3 Å². The van der Waals surface area contributed by atoms with Gasteiger partial charge in [-0.2, -0.15) is 0 Å². The third-order valence-corrected chi connectivity index (χ3v) is 3.84. The molecule has 0 spiro atoms. The first kappa shape index (κ1) is 16.5. The number of nitrogens with zero attached hydrogens (tertiary/aromatic N) is 3. The Morgan fingerprint density at radius 1 is 1.41 bits per heavy atom. The van der Waals surface area contributed by atoms with Gasteiger partial charge in [0.15, 0.2) is 5.96 Å². The number of rotatable bonds is 5. The Hall–Kier alpha value is -1.82. The summed E-state index contributed by atoms with van der Waals surface area (Å²) in [5, 5.41) is 6.63. The lowest BCUT2D eigenvalue weighted by molar-refractivity contribution is 0.0243. The smallest absolute Gasteiger partial charge is 0.191 e. The Balaban J connectivity index is 1.84. The molecule has 2 heterocycles. The van der Waals surface area contributed by atoms with Gasteiger partial charge in [-0.1, -0.05) is 6.07 Å². The van der Waals surface area contributed by atoms with Crippen LogP contribution in [0.3, 0.4) is 0 Å². The standard InChI is InChI=1S/C16H27N5O/c1-16(9-6-10-22-16)12-19-15(17-2)18-11-13-7-5-8-14(20-13)21(3)4/h5,7-8H,6,9-12H2,1-4H3,(H2,17,18,19). The minimum absolute atomic E-state index is 0.0826. The number of guanidine groups is 1. The quantitative estimate of drug-likeness (QED) is 0.636. The van der Waals surface area contributed by atoms with Crippen molar-refractivity contribution in [2.75, 3.05) is 39.2 Å². The van der Waals surface area contributed by atoms with Gasteiger partial charge >= 0.3 is 0 Å². The van der Waals surface area contributed by atoms with E-state index >= 15 is 0 Å². The number of nitrogens with one attached hydrogen (secondary N) is 2. The van der Waals surface area contributed by atoms with E-state index in [1.165, 1.54) is 0 Å². The van der Waals surface area contributed by atoms with E-state index in [1.807, 2.05) is 37.2 Å². The lowest BCUT2D eigenvalue weighted by Crippen LogP contribution is -2.45. The number of ether oxygens (including phenoxy) is 1. The average Bonchev–Trinajstić information content (AvgIpc) is 2.95. The molecule has 6 nitrogen and oxygen atoms in total. The van der Waals surface area contributed by atoms with Crippen LogP contribution in [0.2, 0.25) is 0 Å². The van der Waals surface area contributed by atoms with Crippen LogP contribution in [0, 0.1) is 0 Å². The van der Waals surface area contributed by atoms with Crippen LogP contribution in [-0.2, 0) is 11.3 Å². The molecule has 1 aliphatic heterocycles. The first-order valence-electron chi connectivity index (χ1n) is 7.74. The maximum absolute atomic E-state index is 5.78. The van der Waals surface area contributed by atoms with E-state index in [0.29, 0.717) is 6.54 Å². The van der Waals surface area contributed by atoms with Gasteiger partial charge in [0, 0.05) is 34.3 Å². The molecular formula is C16H27N5O. The largest absolute Gasteiger partial charge is 0.373 e. The molecule has 0 aromatic carbocycles. The molecule has 22 heavy (non-hydrogen) atoms. The molecule has 6 heteroatoms. The Labute approximate surface area is 133 Å². The second-order valence-corrected chi connectivity index (χ2v) is 6.06. The van der Waals surface area contributed by atoms with Gasteiger partial charge in [0.25, 0.3) is 0 Å². The van der Waals surface area contributed by atoms with Crippen LogP contribution in [0.1, 0.15) is 25.5 Å². The number of hydrogen-bond donors (Lipinski definition) is 2. The molecule has 1 fully saturated rings. The number of pyridine rings is 1. The predicted molar refractivity (Wildman–Crippen MR) is 90.4 cm³/mol. The molecule has 1 saturated heterocycles. The van der Waals surface area contributed by atoms with Crippen LogP contribution in [0.25, 0.3) is 0 Å². The zero-order chi connectivity index (χ0) is 16.0. The van der Waals surface area contributed by atoms with E-state index in [-0.39, 0.29) is 5.60 Å². The summed E-state index contributed by atoms with van der Waals surface area (Å²) in [4.78, 5) is 10.8. The minimum atomic E-state index is -0.0826. The maximum atomic E-state index is 5.78. The summed E-state index contributed by atoms with van der Waals surface area (Å²) in [6.45, 7) is 4.39. The van der Waals surface area contributed by atoms with Crippen LogP contribution in [-0.4, -0.2) is 50.8 Å². The number of hydrogen-bond acceptors (Lipinski definition) is 4. The van der Waals surface area contributed by atoms with Crippen LogP contribution >= 0.6 is 0 Å². The van der Waals surface area contributed by atoms with Crippen molar-refractivity contribution >= 4 is 11.8 Å². The van der Waals surface area contributed by atoms with Crippen molar-refractivity contribution in [1.29, 1.82) is 0 Å².